The van der Waals surface area contributed by atoms with Crippen molar-refractivity contribution in [1.82, 2.24) is 0 Å². The van der Waals surface area contributed by atoms with Gasteiger partial charge in [-0.3, -0.25) is 4.79 Å². The van der Waals surface area contributed by atoms with Gasteiger partial charge in [0.1, 0.15) is 0 Å². The molecule has 96 valence electrons. The zero-order chi connectivity index (χ0) is 13.0. The fourth-order valence-electron chi connectivity index (χ4n) is 1.89. The monoisotopic (exact) mass is 263 g/mol. The first-order valence-electron chi connectivity index (χ1n) is 5.94. The van der Waals surface area contributed by atoms with E-state index in [1.807, 2.05) is 17.5 Å². The largest absolute Gasteiger partial charge is 0.385 e. The summed E-state index contributed by atoms with van der Waals surface area (Å²) >= 11 is 1.67. The molecule has 3 nitrogen and oxygen atoms in total. The Balaban J connectivity index is 2.07. The summed E-state index contributed by atoms with van der Waals surface area (Å²) in [6.07, 6.45) is 0.992. The first-order chi connectivity index (χ1) is 8.72. The van der Waals surface area contributed by atoms with Crippen LogP contribution in [0.15, 0.2) is 29.6 Å². The van der Waals surface area contributed by atoms with Gasteiger partial charge in [-0.25, -0.2) is 0 Å². The highest BCUT2D eigenvalue weighted by atomic mass is 32.1. The number of hydrogen-bond donors (Lipinski definition) is 1. The summed E-state index contributed by atoms with van der Waals surface area (Å²) in [6.45, 7) is 0.525. The number of rotatable bonds is 6. The molecule has 0 fully saturated rings. The maximum absolute atomic E-state index is 12.0. The Bertz CT molecular complexity index is 535. The van der Waals surface area contributed by atoms with E-state index in [1.165, 1.54) is 4.70 Å². The molecule has 1 aromatic heterocycles. The molecular formula is C14H17NO2S. The van der Waals surface area contributed by atoms with Gasteiger partial charge in [-0.1, -0.05) is 18.2 Å². The van der Waals surface area contributed by atoms with Crippen LogP contribution in [0.4, 0.5) is 0 Å². The number of Topliss-reactive ketones (excluding diaryl/α,β-unsaturated/α-hetero) is 1. The fourth-order valence-corrected chi connectivity index (χ4v) is 2.86. The molecule has 0 saturated carbocycles. The predicted octanol–water partition coefficient (Wildman–Crippen LogP) is 2.38. The molecule has 1 aromatic carbocycles. The Hall–Kier alpha value is -1.23. The van der Waals surface area contributed by atoms with E-state index in [-0.39, 0.29) is 5.78 Å². The summed E-state index contributed by atoms with van der Waals surface area (Å²) in [5.74, 6) is 0.0793. The molecule has 0 spiro atoms. The third-order valence-electron chi connectivity index (χ3n) is 2.97. The molecule has 4 heteroatoms. The molecule has 0 saturated heterocycles. The minimum atomic E-state index is -0.427. The van der Waals surface area contributed by atoms with Gasteiger partial charge in [0.15, 0.2) is 5.78 Å². The van der Waals surface area contributed by atoms with Gasteiger partial charge >= 0.3 is 0 Å². The first-order valence-corrected chi connectivity index (χ1v) is 6.82. The van der Waals surface area contributed by atoms with Crippen LogP contribution in [0.5, 0.6) is 0 Å². The minimum Gasteiger partial charge on any atom is -0.385 e. The van der Waals surface area contributed by atoms with Gasteiger partial charge in [0.05, 0.1) is 6.04 Å². The zero-order valence-electron chi connectivity index (χ0n) is 10.4. The Morgan fingerprint density at radius 2 is 2.22 bits per heavy atom. The Morgan fingerprint density at radius 3 is 3.00 bits per heavy atom. The predicted molar refractivity (Wildman–Crippen MR) is 75.0 cm³/mol. The standard InChI is InChI=1S/C14H17NO2S/c1-17-7-6-12(15)13(16)8-10-9-18-14-5-3-2-4-11(10)14/h2-5,9,12H,6-8,15H2,1H3. The van der Waals surface area contributed by atoms with E-state index in [9.17, 15) is 4.79 Å². The van der Waals surface area contributed by atoms with Gasteiger partial charge in [-0.15, -0.1) is 11.3 Å². The molecule has 0 aliphatic rings. The van der Waals surface area contributed by atoms with Crippen LogP contribution >= 0.6 is 11.3 Å². The van der Waals surface area contributed by atoms with Gasteiger partial charge in [-0.05, 0) is 28.8 Å². The van der Waals surface area contributed by atoms with Gasteiger partial charge in [0.25, 0.3) is 0 Å². The molecule has 2 N–H and O–H groups in total. The Kier molecular flexibility index (Phi) is 4.47. The van der Waals surface area contributed by atoms with Gasteiger partial charge in [-0.2, -0.15) is 0 Å². The highest BCUT2D eigenvalue weighted by molar-refractivity contribution is 7.17. The fraction of sp³-hybridized carbons (Fsp3) is 0.357. The lowest BCUT2D eigenvalue weighted by Gasteiger charge is -2.09. The number of fused-ring (bicyclic) bond motifs is 1. The van der Waals surface area contributed by atoms with Crippen LogP contribution in [0, 0.1) is 0 Å². The summed E-state index contributed by atoms with van der Waals surface area (Å²) in [5, 5.41) is 3.21. The highest BCUT2D eigenvalue weighted by Gasteiger charge is 2.15. The lowest BCUT2D eigenvalue weighted by Crippen LogP contribution is -2.32. The van der Waals surface area contributed by atoms with Crippen LogP contribution in [-0.2, 0) is 16.0 Å². The van der Waals surface area contributed by atoms with E-state index in [2.05, 4.69) is 12.1 Å². The number of hydrogen-bond acceptors (Lipinski definition) is 4. The topological polar surface area (TPSA) is 52.3 Å². The summed E-state index contributed by atoms with van der Waals surface area (Å²) in [6, 6.07) is 7.69. The lowest BCUT2D eigenvalue weighted by atomic mass is 10.0. The number of carbonyl (C=O) groups is 1. The molecule has 0 amide bonds. The maximum Gasteiger partial charge on any atom is 0.154 e. The van der Waals surface area contributed by atoms with Crippen molar-refractivity contribution in [3.63, 3.8) is 0 Å². The van der Waals surface area contributed by atoms with Crippen molar-refractivity contribution in [2.45, 2.75) is 18.9 Å². The maximum atomic E-state index is 12.0. The summed E-state index contributed by atoms with van der Waals surface area (Å²) in [5.41, 5.74) is 6.92. The van der Waals surface area contributed by atoms with E-state index in [0.29, 0.717) is 19.4 Å². The molecule has 18 heavy (non-hydrogen) atoms. The lowest BCUT2D eigenvalue weighted by molar-refractivity contribution is -0.120. The SMILES string of the molecule is COCCC(N)C(=O)Cc1csc2ccccc12. The van der Waals surface area contributed by atoms with Gasteiger partial charge in [0.2, 0.25) is 0 Å². The van der Waals surface area contributed by atoms with Gasteiger partial charge in [0, 0.05) is 24.8 Å². The first kappa shape index (κ1) is 13.2. The molecule has 0 bridgehead atoms. The Morgan fingerprint density at radius 1 is 1.44 bits per heavy atom. The van der Waals surface area contributed by atoms with Gasteiger partial charge < -0.3 is 10.5 Å². The molecular weight excluding hydrogens is 246 g/mol. The third-order valence-corrected chi connectivity index (χ3v) is 3.98. The minimum absolute atomic E-state index is 0.0793. The average molecular weight is 263 g/mol. The van der Waals surface area contributed by atoms with Crippen molar-refractivity contribution in [3.8, 4) is 0 Å². The average Bonchev–Trinajstić information content (AvgIpc) is 2.79. The van der Waals surface area contributed by atoms with Crippen LogP contribution < -0.4 is 5.73 Å². The van der Waals surface area contributed by atoms with Crippen LogP contribution in [0.1, 0.15) is 12.0 Å². The number of carbonyl (C=O) groups excluding carboxylic acids is 1. The van der Waals surface area contributed by atoms with Crippen molar-refractivity contribution in [2.75, 3.05) is 13.7 Å². The number of methoxy groups -OCH3 is 1. The molecule has 0 aliphatic carbocycles. The number of thiophene rings is 1. The second-order valence-corrected chi connectivity index (χ2v) is 5.20. The van der Waals surface area contributed by atoms with Crippen LogP contribution in [-0.4, -0.2) is 25.5 Å². The molecule has 2 rings (SSSR count). The molecule has 1 heterocycles. The molecule has 1 unspecified atom stereocenters. The number of ketones is 1. The van der Waals surface area contributed by atoms with Crippen LogP contribution in [0.2, 0.25) is 0 Å². The normalized spacial score (nSPS) is 12.8. The number of ether oxygens (including phenoxy) is 1. The van der Waals surface area contributed by atoms with Crippen molar-refractivity contribution >= 4 is 27.2 Å². The van der Waals surface area contributed by atoms with Crippen molar-refractivity contribution in [2.24, 2.45) is 5.73 Å². The zero-order valence-corrected chi connectivity index (χ0v) is 11.2. The van der Waals surface area contributed by atoms with E-state index in [0.717, 1.165) is 10.9 Å². The molecule has 0 radical (unpaired) electrons. The number of benzene rings is 1. The summed E-state index contributed by atoms with van der Waals surface area (Å²) in [7, 11) is 1.61. The second kappa shape index (κ2) is 6.09. The quantitative estimate of drug-likeness (QED) is 0.870. The summed E-state index contributed by atoms with van der Waals surface area (Å²) < 4.78 is 6.15. The van der Waals surface area contributed by atoms with Crippen molar-refractivity contribution in [3.05, 3.63) is 35.2 Å². The van der Waals surface area contributed by atoms with E-state index in [4.69, 9.17) is 10.5 Å². The molecule has 2 aromatic rings. The Labute approximate surface area is 111 Å². The third kappa shape index (κ3) is 2.96. The van der Waals surface area contributed by atoms with E-state index < -0.39 is 6.04 Å². The van der Waals surface area contributed by atoms with E-state index >= 15 is 0 Å². The van der Waals surface area contributed by atoms with Crippen LogP contribution in [0.3, 0.4) is 0 Å². The summed E-state index contributed by atoms with van der Waals surface area (Å²) in [4.78, 5) is 12.0. The van der Waals surface area contributed by atoms with Crippen molar-refractivity contribution < 1.29 is 9.53 Å². The van der Waals surface area contributed by atoms with E-state index in [1.54, 1.807) is 18.4 Å². The smallest absolute Gasteiger partial charge is 0.154 e. The number of nitrogens with two attached hydrogens (primary N) is 1. The van der Waals surface area contributed by atoms with Crippen molar-refractivity contribution in [1.29, 1.82) is 0 Å². The molecule has 1 atom stereocenters. The highest BCUT2D eigenvalue weighted by Crippen LogP contribution is 2.26. The van der Waals surface area contributed by atoms with Crippen LogP contribution in [0.25, 0.3) is 10.1 Å². The molecule has 0 aliphatic heterocycles. The second-order valence-electron chi connectivity index (χ2n) is 4.29.